The first kappa shape index (κ1) is 18.2. The number of hydrogen-bond acceptors (Lipinski definition) is 3. The van der Waals surface area contributed by atoms with Crippen LogP contribution in [0.3, 0.4) is 0 Å². The van der Waals surface area contributed by atoms with E-state index in [0.717, 1.165) is 43.4 Å². The Morgan fingerprint density at radius 1 is 1.32 bits per heavy atom. The number of amides is 2. The number of hydrogen-bond donors (Lipinski definition) is 2. The van der Waals surface area contributed by atoms with Gasteiger partial charge in [0.1, 0.15) is 0 Å². The Labute approximate surface area is 150 Å². The molecular weight excluding hydrogens is 316 g/mol. The highest BCUT2D eigenvalue weighted by Gasteiger charge is 2.38. The van der Waals surface area contributed by atoms with E-state index < -0.39 is 6.10 Å². The van der Waals surface area contributed by atoms with Gasteiger partial charge in [0.05, 0.1) is 18.8 Å². The summed E-state index contributed by atoms with van der Waals surface area (Å²) in [6.45, 7) is 5.66. The van der Waals surface area contributed by atoms with E-state index in [1.54, 1.807) is 4.90 Å². The van der Waals surface area contributed by atoms with Crippen LogP contribution in [0.25, 0.3) is 0 Å². The maximum atomic E-state index is 12.7. The summed E-state index contributed by atoms with van der Waals surface area (Å²) in [4.78, 5) is 14.4. The lowest BCUT2D eigenvalue weighted by Gasteiger charge is -2.35. The molecule has 4 atom stereocenters. The minimum absolute atomic E-state index is 0.0776. The largest absolute Gasteiger partial charge is 0.387 e. The first-order valence-electron chi connectivity index (χ1n) is 9.50. The Morgan fingerprint density at radius 2 is 2.08 bits per heavy atom. The number of ether oxygens (including phenoxy) is 1. The van der Waals surface area contributed by atoms with Crippen molar-refractivity contribution in [3.05, 3.63) is 35.4 Å². The summed E-state index contributed by atoms with van der Waals surface area (Å²) in [6.07, 6.45) is 3.92. The fourth-order valence-electron chi connectivity index (χ4n) is 4.06. The van der Waals surface area contributed by atoms with Gasteiger partial charge in [-0.3, -0.25) is 0 Å². The van der Waals surface area contributed by atoms with Gasteiger partial charge < -0.3 is 20.1 Å². The first-order valence-corrected chi connectivity index (χ1v) is 9.50. The van der Waals surface area contributed by atoms with Gasteiger partial charge in [0, 0.05) is 25.1 Å². The van der Waals surface area contributed by atoms with Gasteiger partial charge in [-0.05, 0) is 45.1 Å². The number of urea groups is 1. The number of aryl methyl sites for hydroxylation is 1. The summed E-state index contributed by atoms with van der Waals surface area (Å²) in [5, 5.41) is 13.7. The van der Waals surface area contributed by atoms with Crippen LogP contribution in [0.5, 0.6) is 0 Å². The molecule has 25 heavy (non-hydrogen) atoms. The molecule has 0 bridgehead atoms. The Hall–Kier alpha value is -1.59. The van der Waals surface area contributed by atoms with Crippen molar-refractivity contribution in [1.29, 1.82) is 0 Å². The number of fused-ring (bicyclic) bond motifs is 1. The van der Waals surface area contributed by atoms with Crippen molar-refractivity contribution >= 4 is 6.03 Å². The smallest absolute Gasteiger partial charge is 0.317 e. The molecule has 0 radical (unpaired) electrons. The van der Waals surface area contributed by atoms with E-state index >= 15 is 0 Å². The third-order valence-corrected chi connectivity index (χ3v) is 5.61. The summed E-state index contributed by atoms with van der Waals surface area (Å²) in [5.41, 5.74) is 2.01. The molecule has 5 heteroatoms. The van der Waals surface area contributed by atoms with Gasteiger partial charge in [0.25, 0.3) is 0 Å². The fraction of sp³-hybridized carbons (Fsp3) is 0.650. The number of rotatable bonds is 5. The second-order valence-electron chi connectivity index (χ2n) is 7.31. The van der Waals surface area contributed by atoms with Gasteiger partial charge in [0.2, 0.25) is 0 Å². The van der Waals surface area contributed by atoms with Crippen molar-refractivity contribution in [2.45, 2.75) is 57.8 Å². The van der Waals surface area contributed by atoms with Crippen molar-refractivity contribution in [3.8, 4) is 0 Å². The zero-order valence-electron chi connectivity index (χ0n) is 15.3. The number of likely N-dealkylation sites (N-methyl/N-ethyl adjacent to an activating group) is 1. The lowest BCUT2D eigenvalue weighted by Crippen LogP contribution is -2.51. The molecule has 0 aromatic heterocycles. The molecule has 1 aromatic rings. The molecule has 2 aliphatic rings. The topological polar surface area (TPSA) is 61.8 Å². The minimum atomic E-state index is -0.666. The van der Waals surface area contributed by atoms with Gasteiger partial charge in [-0.2, -0.15) is 0 Å². The minimum Gasteiger partial charge on any atom is -0.387 e. The molecule has 1 aliphatic carbocycles. The Bertz CT molecular complexity index is 575. The maximum absolute atomic E-state index is 12.7. The van der Waals surface area contributed by atoms with Gasteiger partial charge in [-0.15, -0.1) is 0 Å². The van der Waals surface area contributed by atoms with E-state index in [4.69, 9.17) is 4.74 Å². The van der Waals surface area contributed by atoms with Gasteiger partial charge in [0.15, 0.2) is 0 Å². The van der Waals surface area contributed by atoms with Crippen LogP contribution in [0.15, 0.2) is 24.3 Å². The summed E-state index contributed by atoms with van der Waals surface area (Å²) >= 11 is 0. The van der Waals surface area contributed by atoms with E-state index in [2.05, 4.69) is 5.32 Å². The molecule has 1 aromatic carbocycles. The number of aliphatic hydroxyl groups is 1. The van der Waals surface area contributed by atoms with E-state index in [0.29, 0.717) is 25.1 Å². The second-order valence-corrected chi connectivity index (χ2v) is 7.31. The molecule has 3 rings (SSSR count). The van der Waals surface area contributed by atoms with Crippen LogP contribution >= 0.6 is 0 Å². The molecular formula is C20H30N2O3. The Kier molecular flexibility index (Phi) is 5.97. The van der Waals surface area contributed by atoms with Gasteiger partial charge >= 0.3 is 6.03 Å². The molecule has 1 heterocycles. The molecule has 0 spiro atoms. The summed E-state index contributed by atoms with van der Waals surface area (Å²) in [6, 6.07) is 7.93. The van der Waals surface area contributed by atoms with E-state index in [-0.39, 0.29) is 12.1 Å². The van der Waals surface area contributed by atoms with E-state index in [9.17, 15) is 9.90 Å². The number of carbonyl (C=O) groups is 1. The molecule has 5 nitrogen and oxygen atoms in total. The average molecular weight is 346 g/mol. The van der Waals surface area contributed by atoms with Crippen molar-refractivity contribution in [3.63, 3.8) is 0 Å². The predicted octanol–water partition coefficient (Wildman–Crippen LogP) is 3.02. The van der Waals surface area contributed by atoms with Crippen LogP contribution in [0.4, 0.5) is 4.79 Å². The number of nitrogens with zero attached hydrogens (tertiary/aromatic N) is 1. The van der Waals surface area contributed by atoms with E-state index in [1.165, 1.54) is 0 Å². The van der Waals surface area contributed by atoms with Gasteiger partial charge in [-0.25, -0.2) is 4.79 Å². The number of carbonyl (C=O) groups excluding carboxylic acids is 1. The predicted molar refractivity (Wildman–Crippen MR) is 97.4 cm³/mol. The first-order chi connectivity index (χ1) is 12.1. The van der Waals surface area contributed by atoms with Crippen LogP contribution in [0.1, 0.15) is 49.8 Å². The Morgan fingerprint density at radius 3 is 2.80 bits per heavy atom. The summed E-state index contributed by atoms with van der Waals surface area (Å²) < 4.78 is 5.78. The zero-order valence-corrected chi connectivity index (χ0v) is 15.3. The van der Waals surface area contributed by atoms with Crippen molar-refractivity contribution < 1.29 is 14.6 Å². The quantitative estimate of drug-likeness (QED) is 0.861. The molecule has 1 saturated heterocycles. The SMILES string of the molecule is CCN(CC(O)c1ccc(C)cc1)C(=O)NC1CCCC2OCCC12. The lowest BCUT2D eigenvalue weighted by atomic mass is 9.82. The van der Waals surface area contributed by atoms with Crippen LogP contribution in [0, 0.1) is 12.8 Å². The van der Waals surface area contributed by atoms with Crippen molar-refractivity contribution in [1.82, 2.24) is 10.2 Å². The summed E-state index contributed by atoms with van der Waals surface area (Å²) in [5.74, 6) is 0.443. The molecule has 2 amide bonds. The van der Waals surface area contributed by atoms with Crippen molar-refractivity contribution in [2.75, 3.05) is 19.7 Å². The van der Waals surface area contributed by atoms with Crippen LogP contribution < -0.4 is 5.32 Å². The number of nitrogens with one attached hydrogen (secondary N) is 1. The van der Waals surface area contributed by atoms with E-state index in [1.807, 2.05) is 38.1 Å². The second kappa shape index (κ2) is 8.19. The molecule has 138 valence electrons. The highest BCUT2D eigenvalue weighted by Crippen LogP contribution is 2.34. The molecule has 1 saturated carbocycles. The average Bonchev–Trinajstić information content (AvgIpc) is 3.09. The number of benzene rings is 1. The van der Waals surface area contributed by atoms with Crippen LogP contribution in [-0.4, -0.2) is 47.9 Å². The highest BCUT2D eigenvalue weighted by molar-refractivity contribution is 5.74. The maximum Gasteiger partial charge on any atom is 0.317 e. The lowest BCUT2D eigenvalue weighted by molar-refractivity contribution is 0.0529. The van der Waals surface area contributed by atoms with Crippen LogP contribution in [0.2, 0.25) is 0 Å². The zero-order chi connectivity index (χ0) is 17.8. The van der Waals surface area contributed by atoms with Gasteiger partial charge in [-0.1, -0.05) is 29.8 Å². The summed E-state index contributed by atoms with van der Waals surface area (Å²) in [7, 11) is 0. The third-order valence-electron chi connectivity index (χ3n) is 5.61. The fourth-order valence-corrected chi connectivity index (χ4v) is 4.06. The molecule has 2 N–H and O–H groups in total. The molecule has 2 fully saturated rings. The highest BCUT2D eigenvalue weighted by atomic mass is 16.5. The normalized spacial score (nSPS) is 26.8. The molecule has 1 aliphatic heterocycles. The molecule has 4 unspecified atom stereocenters. The standard InChI is InChI=1S/C20H30N2O3/c1-3-22(13-18(23)15-9-7-14(2)8-10-15)20(24)21-17-5-4-6-19-16(17)11-12-25-19/h7-10,16-19,23H,3-6,11-13H2,1-2H3,(H,21,24). The third kappa shape index (κ3) is 4.33. The van der Waals surface area contributed by atoms with Crippen molar-refractivity contribution in [2.24, 2.45) is 5.92 Å². The Balaban J connectivity index is 1.58. The monoisotopic (exact) mass is 346 g/mol. The number of aliphatic hydroxyl groups excluding tert-OH is 1. The van der Waals surface area contributed by atoms with Crippen LogP contribution in [-0.2, 0) is 4.74 Å².